The zero-order valence-corrected chi connectivity index (χ0v) is 14.3. The van der Waals surface area contributed by atoms with Gasteiger partial charge in [-0.1, -0.05) is 61.8 Å². The molecule has 1 aromatic rings. The lowest BCUT2D eigenvalue weighted by atomic mass is 9.91. The number of hydrogen-bond donors (Lipinski definition) is 1. The molecule has 0 aliphatic carbocycles. The lowest BCUT2D eigenvalue weighted by Gasteiger charge is -2.21. The summed E-state index contributed by atoms with van der Waals surface area (Å²) in [7, 11) is 0. The second kappa shape index (κ2) is 8.76. The van der Waals surface area contributed by atoms with E-state index in [0.29, 0.717) is 0 Å². The summed E-state index contributed by atoms with van der Waals surface area (Å²) in [5.74, 6) is 2.20. The van der Waals surface area contributed by atoms with Gasteiger partial charge in [-0.15, -0.1) is 0 Å². The normalized spacial score (nSPS) is 13.2. The van der Waals surface area contributed by atoms with Crippen molar-refractivity contribution in [3.63, 3.8) is 0 Å². The van der Waals surface area contributed by atoms with Crippen molar-refractivity contribution >= 4 is 15.9 Å². The van der Waals surface area contributed by atoms with Gasteiger partial charge in [-0.2, -0.15) is 0 Å². The minimum Gasteiger partial charge on any atom is -0.316 e. The Hall–Kier alpha value is -0.340. The Morgan fingerprint density at radius 1 is 1.00 bits per heavy atom. The number of halogens is 1. The van der Waals surface area contributed by atoms with Gasteiger partial charge in [0.05, 0.1) is 0 Å². The molecule has 0 heterocycles. The molecule has 1 nitrogen and oxygen atoms in total. The van der Waals surface area contributed by atoms with Crippen molar-refractivity contribution in [3.05, 3.63) is 34.3 Å². The zero-order valence-electron chi connectivity index (χ0n) is 12.7. The molecule has 0 saturated carbocycles. The van der Waals surface area contributed by atoms with E-state index in [-0.39, 0.29) is 0 Å². The van der Waals surface area contributed by atoms with E-state index in [1.165, 1.54) is 16.5 Å². The van der Waals surface area contributed by atoms with Crippen LogP contribution in [0.5, 0.6) is 0 Å². The molecule has 0 aromatic heterocycles. The van der Waals surface area contributed by atoms with Crippen LogP contribution < -0.4 is 5.32 Å². The predicted molar refractivity (Wildman–Crippen MR) is 88.5 cm³/mol. The molecule has 108 valence electrons. The summed E-state index contributed by atoms with van der Waals surface area (Å²) >= 11 is 3.66. The molecule has 0 radical (unpaired) electrons. The first-order valence-electron chi connectivity index (χ1n) is 7.43. The number of nitrogens with one attached hydrogen (secondary N) is 1. The smallest absolute Gasteiger partial charge is 0.0207 e. The van der Waals surface area contributed by atoms with E-state index in [1.807, 2.05) is 0 Å². The lowest BCUT2D eigenvalue weighted by Crippen LogP contribution is -2.28. The van der Waals surface area contributed by atoms with E-state index in [1.54, 1.807) is 0 Å². The molecule has 0 amide bonds. The maximum atomic E-state index is 3.66. The highest BCUT2D eigenvalue weighted by Crippen LogP contribution is 2.22. The molecule has 0 saturated heterocycles. The van der Waals surface area contributed by atoms with E-state index in [2.05, 4.69) is 73.2 Å². The Morgan fingerprint density at radius 3 is 2.26 bits per heavy atom. The summed E-state index contributed by atoms with van der Waals surface area (Å²) < 4.78 is 1.24. The molecular formula is C17H28BrN. The van der Waals surface area contributed by atoms with Crippen LogP contribution in [-0.4, -0.2) is 13.1 Å². The SMILES string of the molecule is CC(C)CNCC(Cc1ccccc1Br)CC(C)C. The van der Waals surface area contributed by atoms with Crippen molar-refractivity contribution < 1.29 is 0 Å². The van der Waals surface area contributed by atoms with Gasteiger partial charge in [0.15, 0.2) is 0 Å². The fourth-order valence-electron chi connectivity index (χ4n) is 2.46. The Balaban J connectivity index is 2.56. The molecule has 0 spiro atoms. The van der Waals surface area contributed by atoms with Crippen LogP contribution in [0.1, 0.15) is 39.7 Å². The molecule has 1 aromatic carbocycles. The predicted octanol–water partition coefficient (Wildman–Crippen LogP) is 4.90. The average Bonchev–Trinajstić information content (AvgIpc) is 2.30. The van der Waals surface area contributed by atoms with Crippen molar-refractivity contribution in [2.75, 3.05) is 13.1 Å². The van der Waals surface area contributed by atoms with Gasteiger partial charge in [-0.25, -0.2) is 0 Å². The molecular weight excluding hydrogens is 298 g/mol. The summed E-state index contributed by atoms with van der Waals surface area (Å²) in [5.41, 5.74) is 1.43. The Bertz CT molecular complexity index is 360. The van der Waals surface area contributed by atoms with Crippen molar-refractivity contribution in [1.29, 1.82) is 0 Å². The van der Waals surface area contributed by atoms with Crippen molar-refractivity contribution in [2.45, 2.75) is 40.5 Å². The molecule has 1 unspecified atom stereocenters. The van der Waals surface area contributed by atoms with E-state index in [0.717, 1.165) is 37.3 Å². The first kappa shape index (κ1) is 16.7. The highest BCUT2D eigenvalue weighted by molar-refractivity contribution is 9.10. The van der Waals surface area contributed by atoms with Gasteiger partial charge in [0.1, 0.15) is 0 Å². The van der Waals surface area contributed by atoms with Gasteiger partial charge in [0.25, 0.3) is 0 Å². The van der Waals surface area contributed by atoms with Gasteiger partial charge in [0.2, 0.25) is 0 Å². The molecule has 0 bridgehead atoms. The van der Waals surface area contributed by atoms with Crippen molar-refractivity contribution in [3.8, 4) is 0 Å². The molecule has 0 fully saturated rings. The molecule has 1 rings (SSSR count). The van der Waals surface area contributed by atoms with Crippen LogP contribution in [0.3, 0.4) is 0 Å². The van der Waals surface area contributed by atoms with Crippen LogP contribution in [-0.2, 0) is 6.42 Å². The third-order valence-electron chi connectivity index (χ3n) is 3.26. The quantitative estimate of drug-likeness (QED) is 0.716. The van der Waals surface area contributed by atoms with E-state index >= 15 is 0 Å². The van der Waals surface area contributed by atoms with Gasteiger partial charge in [-0.05, 0) is 55.3 Å². The Kier molecular flexibility index (Phi) is 7.70. The number of hydrogen-bond acceptors (Lipinski definition) is 1. The highest BCUT2D eigenvalue weighted by Gasteiger charge is 2.13. The minimum absolute atomic E-state index is 0.720. The van der Waals surface area contributed by atoms with E-state index < -0.39 is 0 Å². The third-order valence-corrected chi connectivity index (χ3v) is 4.03. The second-order valence-corrected chi connectivity index (χ2v) is 7.20. The summed E-state index contributed by atoms with van der Waals surface area (Å²) in [6, 6.07) is 8.60. The maximum Gasteiger partial charge on any atom is 0.0207 e. The second-order valence-electron chi connectivity index (χ2n) is 6.34. The molecule has 2 heteroatoms. The molecule has 1 atom stereocenters. The van der Waals surface area contributed by atoms with E-state index in [4.69, 9.17) is 0 Å². The van der Waals surface area contributed by atoms with Crippen LogP contribution in [0, 0.1) is 17.8 Å². The van der Waals surface area contributed by atoms with Gasteiger partial charge in [0, 0.05) is 4.47 Å². The lowest BCUT2D eigenvalue weighted by molar-refractivity contribution is 0.376. The first-order valence-corrected chi connectivity index (χ1v) is 8.22. The van der Waals surface area contributed by atoms with E-state index in [9.17, 15) is 0 Å². The van der Waals surface area contributed by atoms with Crippen LogP contribution in [0.25, 0.3) is 0 Å². The summed E-state index contributed by atoms with van der Waals surface area (Å²) in [6.07, 6.45) is 2.44. The molecule has 19 heavy (non-hydrogen) atoms. The molecule has 1 N–H and O–H groups in total. The van der Waals surface area contributed by atoms with Gasteiger partial charge in [-0.3, -0.25) is 0 Å². The summed E-state index contributed by atoms with van der Waals surface area (Å²) in [4.78, 5) is 0. The summed E-state index contributed by atoms with van der Waals surface area (Å²) in [5, 5.41) is 3.61. The average molecular weight is 326 g/mol. The summed E-state index contributed by atoms with van der Waals surface area (Å²) in [6.45, 7) is 11.4. The number of benzene rings is 1. The first-order chi connectivity index (χ1) is 8.99. The van der Waals surface area contributed by atoms with Crippen molar-refractivity contribution in [2.24, 2.45) is 17.8 Å². The highest BCUT2D eigenvalue weighted by atomic mass is 79.9. The Morgan fingerprint density at radius 2 is 1.68 bits per heavy atom. The van der Waals surface area contributed by atoms with Crippen LogP contribution in [0.2, 0.25) is 0 Å². The van der Waals surface area contributed by atoms with Crippen LogP contribution in [0.4, 0.5) is 0 Å². The fraction of sp³-hybridized carbons (Fsp3) is 0.647. The Labute approximate surface area is 127 Å². The van der Waals surface area contributed by atoms with Gasteiger partial charge < -0.3 is 5.32 Å². The van der Waals surface area contributed by atoms with Gasteiger partial charge >= 0.3 is 0 Å². The topological polar surface area (TPSA) is 12.0 Å². The standard InChI is InChI=1S/C17H28BrN/c1-13(2)9-15(12-19-11-14(3)4)10-16-7-5-6-8-17(16)18/h5-8,13-15,19H,9-12H2,1-4H3. The third kappa shape index (κ3) is 7.12. The minimum atomic E-state index is 0.720. The fourth-order valence-corrected chi connectivity index (χ4v) is 2.90. The molecule has 0 aliphatic rings. The molecule has 0 aliphatic heterocycles. The van der Waals surface area contributed by atoms with Crippen LogP contribution >= 0.6 is 15.9 Å². The largest absolute Gasteiger partial charge is 0.316 e. The van der Waals surface area contributed by atoms with Crippen LogP contribution in [0.15, 0.2) is 28.7 Å². The number of rotatable bonds is 8. The maximum absolute atomic E-state index is 3.66. The monoisotopic (exact) mass is 325 g/mol. The zero-order chi connectivity index (χ0) is 14.3. The van der Waals surface area contributed by atoms with Crippen molar-refractivity contribution in [1.82, 2.24) is 5.32 Å².